The number of benzene rings is 1. The first-order valence-electron chi connectivity index (χ1n) is 7.84. The van der Waals surface area contributed by atoms with E-state index in [1.165, 1.54) is 0 Å². The van der Waals surface area contributed by atoms with Crippen molar-refractivity contribution in [3.63, 3.8) is 0 Å². The Hall–Kier alpha value is -1.88. The second-order valence-corrected chi connectivity index (χ2v) is 5.78. The van der Waals surface area contributed by atoms with Gasteiger partial charge in [0.25, 0.3) is 0 Å². The Morgan fingerprint density at radius 2 is 2.14 bits per heavy atom. The van der Waals surface area contributed by atoms with Crippen LogP contribution in [0.5, 0.6) is 0 Å². The van der Waals surface area contributed by atoms with Crippen molar-refractivity contribution in [2.24, 2.45) is 5.92 Å². The van der Waals surface area contributed by atoms with Crippen LogP contribution in [0.1, 0.15) is 32.8 Å². The minimum Gasteiger partial charge on any atom is -0.372 e. The van der Waals surface area contributed by atoms with E-state index in [-0.39, 0.29) is 24.3 Å². The lowest BCUT2D eigenvalue weighted by Crippen LogP contribution is -2.38. The molecule has 1 aliphatic rings. The van der Waals surface area contributed by atoms with E-state index in [9.17, 15) is 9.59 Å². The van der Waals surface area contributed by atoms with E-state index >= 15 is 0 Å². The van der Waals surface area contributed by atoms with Gasteiger partial charge in [0.1, 0.15) is 6.61 Å². The zero-order valence-corrected chi connectivity index (χ0v) is 13.5. The highest BCUT2D eigenvalue weighted by atomic mass is 16.5. The molecule has 0 fully saturated rings. The van der Waals surface area contributed by atoms with Crippen molar-refractivity contribution in [3.8, 4) is 0 Å². The predicted octanol–water partition coefficient (Wildman–Crippen LogP) is 2.60. The molecule has 1 heterocycles. The van der Waals surface area contributed by atoms with Crippen molar-refractivity contribution in [1.82, 2.24) is 0 Å². The van der Waals surface area contributed by atoms with E-state index in [4.69, 9.17) is 4.74 Å². The summed E-state index contributed by atoms with van der Waals surface area (Å²) in [5.41, 5.74) is 2.82. The standard InChI is InChI=1S/C17H24N2O3/c1-4-22-11-16(20)18-14-7-8-15-13(10-14)6-5-9-19(15)17(21)12(2)3/h7-8,10,12H,4-6,9,11H2,1-3H3,(H,18,20). The van der Waals surface area contributed by atoms with E-state index < -0.39 is 0 Å². The van der Waals surface area contributed by atoms with Crippen LogP contribution in [-0.2, 0) is 20.7 Å². The van der Waals surface area contributed by atoms with Gasteiger partial charge in [-0.1, -0.05) is 13.8 Å². The highest BCUT2D eigenvalue weighted by molar-refractivity contribution is 5.97. The number of nitrogens with zero attached hydrogens (tertiary/aromatic N) is 1. The third kappa shape index (κ3) is 3.85. The van der Waals surface area contributed by atoms with Gasteiger partial charge in [0, 0.05) is 30.4 Å². The third-order valence-corrected chi connectivity index (χ3v) is 3.68. The van der Waals surface area contributed by atoms with Gasteiger partial charge in [-0.15, -0.1) is 0 Å². The number of carbonyl (C=O) groups is 2. The van der Waals surface area contributed by atoms with Crippen molar-refractivity contribution in [1.29, 1.82) is 0 Å². The molecule has 120 valence electrons. The lowest BCUT2D eigenvalue weighted by Gasteiger charge is -2.31. The van der Waals surface area contributed by atoms with Gasteiger partial charge in [-0.25, -0.2) is 0 Å². The Balaban J connectivity index is 2.14. The maximum absolute atomic E-state index is 12.3. The maximum Gasteiger partial charge on any atom is 0.250 e. The highest BCUT2D eigenvalue weighted by Crippen LogP contribution is 2.30. The van der Waals surface area contributed by atoms with Crippen molar-refractivity contribution >= 4 is 23.2 Å². The molecule has 1 N–H and O–H groups in total. The Morgan fingerprint density at radius 3 is 2.82 bits per heavy atom. The molecular formula is C17H24N2O3. The molecule has 0 aliphatic carbocycles. The summed E-state index contributed by atoms with van der Waals surface area (Å²) in [7, 11) is 0. The smallest absolute Gasteiger partial charge is 0.250 e. The number of rotatable bonds is 5. The molecule has 0 atom stereocenters. The molecule has 0 saturated heterocycles. The first kappa shape index (κ1) is 16.5. The van der Waals surface area contributed by atoms with Crippen molar-refractivity contribution in [2.45, 2.75) is 33.6 Å². The molecule has 0 saturated carbocycles. The maximum atomic E-state index is 12.3. The van der Waals surface area contributed by atoms with Crippen LogP contribution in [0.25, 0.3) is 0 Å². The van der Waals surface area contributed by atoms with Crippen molar-refractivity contribution in [3.05, 3.63) is 23.8 Å². The molecule has 0 radical (unpaired) electrons. The minimum absolute atomic E-state index is 0.0171. The third-order valence-electron chi connectivity index (χ3n) is 3.68. The highest BCUT2D eigenvalue weighted by Gasteiger charge is 2.24. The van der Waals surface area contributed by atoms with Gasteiger partial charge in [0.15, 0.2) is 0 Å². The van der Waals surface area contributed by atoms with E-state index in [0.717, 1.165) is 36.3 Å². The van der Waals surface area contributed by atoms with Crippen LogP contribution in [-0.4, -0.2) is 31.6 Å². The fourth-order valence-electron chi connectivity index (χ4n) is 2.61. The number of anilines is 2. The fourth-order valence-corrected chi connectivity index (χ4v) is 2.61. The molecule has 5 heteroatoms. The van der Waals surface area contributed by atoms with Crippen LogP contribution >= 0.6 is 0 Å². The van der Waals surface area contributed by atoms with Gasteiger partial charge >= 0.3 is 0 Å². The largest absolute Gasteiger partial charge is 0.372 e. The summed E-state index contributed by atoms with van der Waals surface area (Å²) in [6.07, 6.45) is 1.87. The molecule has 0 aromatic heterocycles. The number of carbonyl (C=O) groups excluding carboxylic acids is 2. The number of nitrogens with one attached hydrogen (secondary N) is 1. The van der Waals surface area contributed by atoms with Gasteiger partial charge in [0.05, 0.1) is 0 Å². The number of hydrogen-bond acceptors (Lipinski definition) is 3. The lowest BCUT2D eigenvalue weighted by atomic mass is 9.99. The van der Waals surface area contributed by atoms with Gasteiger partial charge in [-0.2, -0.15) is 0 Å². The summed E-state index contributed by atoms with van der Waals surface area (Å²) < 4.78 is 5.09. The number of hydrogen-bond donors (Lipinski definition) is 1. The number of aryl methyl sites for hydroxylation is 1. The summed E-state index contributed by atoms with van der Waals surface area (Å²) in [6.45, 7) is 7.03. The molecule has 0 spiro atoms. The molecule has 0 bridgehead atoms. The van der Waals surface area contributed by atoms with E-state index in [0.29, 0.717) is 6.61 Å². The van der Waals surface area contributed by atoms with Gasteiger partial charge < -0.3 is 15.0 Å². The van der Waals surface area contributed by atoms with Gasteiger partial charge in [-0.3, -0.25) is 9.59 Å². The first-order valence-corrected chi connectivity index (χ1v) is 7.84. The van der Waals surface area contributed by atoms with Crippen LogP contribution in [0, 0.1) is 5.92 Å². The van der Waals surface area contributed by atoms with Crippen LogP contribution in [0.2, 0.25) is 0 Å². The zero-order chi connectivity index (χ0) is 16.1. The molecule has 22 heavy (non-hydrogen) atoms. The van der Waals surface area contributed by atoms with E-state index in [1.807, 2.05) is 43.9 Å². The molecular weight excluding hydrogens is 280 g/mol. The van der Waals surface area contributed by atoms with Crippen LogP contribution < -0.4 is 10.2 Å². The number of ether oxygens (including phenoxy) is 1. The predicted molar refractivity (Wildman–Crippen MR) is 87.1 cm³/mol. The second kappa shape index (κ2) is 7.40. The minimum atomic E-state index is -0.160. The Kier molecular flexibility index (Phi) is 5.55. The summed E-state index contributed by atoms with van der Waals surface area (Å²) >= 11 is 0. The normalized spacial score (nSPS) is 13.9. The second-order valence-electron chi connectivity index (χ2n) is 5.78. The molecule has 2 amide bonds. The topological polar surface area (TPSA) is 58.6 Å². The Bertz CT molecular complexity index is 555. The average molecular weight is 304 g/mol. The van der Waals surface area contributed by atoms with E-state index in [1.54, 1.807) is 0 Å². The molecule has 5 nitrogen and oxygen atoms in total. The van der Waals surface area contributed by atoms with Crippen molar-refractivity contribution < 1.29 is 14.3 Å². The number of fused-ring (bicyclic) bond motifs is 1. The SMILES string of the molecule is CCOCC(=O)Nc1ccc2c(c1)CCCN2C(=O)C(C)C. The average Bonchev–Trinajstić information content (AvgIpc) is 2.51. The quantitative estimate of drug-likeness (QED) is 0.909. The van der Waals surface area contributed by atoms with E-state index in [2.05, 4.69) is 5.32 Å². The monoisotopic (exact) mass is 304 g/mol. The first-order chi connectivity index (χ1) is 10.5. The van der Waals surface area contributed by atoms with Gasteiger partial charge in [-0.05, 0) is 43.5 Å². The lowest BCUT2D eigenvalue weighted by molar-refractivity contribution is -0.121. The summed E-state index contributed by atoms with van der Waals surface area (Å²) in [5, 5.41) is 2.83. The molecule has 0 unspecified atom stereocenters. The van der Waals surface area contributed by atoms with Crippen LogP contribution in [0.15, 0.2) is 18.2 Å². The molecule has 1 aromatic rings. The van der Waals surface area contributed by atoms with Crippen molar-refractivity contribution in [2.75, 3.05) is 30.0 Å². The molecule has 1 aliphatic heterocycles. The van der Waals surface area contributed by atoms with Crippen LogP contribution in [0.3, 0.4) is 0 Å². The Labute approximate surface area is 131 Å². The summed E-state index contributed by atoms with van der Waals surface area (Å²) in [5.74, 6) is -0.0293. The summed E-state index contributed by atoms with van der Waals surface area (Å²) in [6, 6.07) is 5.72. The summed E-state index contributed by atoms with van der Waals surface area (Å²) in [4.78, 5) is 25.8. The molecule has 1 aromatic carbocycles. The number of amides is 2. The molecule has 2 rings (SSSR count). The fraction of sp³-hybridized carbons (Fsp3) is 0.529. The Morgan fingerprint density at radius 1 is 1.36 bits per heavy atom. The van der Waals surface area contributed by atoms with Crippen LogP contribution in [0.4, 0.5) is 11.4 Å². The zero-order valence-electron chi connectivity index (χ0n) is 13.5. The van der Waals surface area contributed by atoms with Gasteiger partial charge in [0.2, 0.25) is 11.8 Å².